The molecule has 5 aliphatic carbocycles. The molecule has 4 unspecified atom stereocenters. The van der Waals surface area contributed by atoms with Crippen molar-refractivity contribution in [3.8, 4) is 22.5 Å². The summed E-state index contributed by atoms with van der Waals surface area (Å²) in [7, 11) is 0. The molecule has 4 nitrogen and oxygen atoms in total. The number of hydrogen-bond donors (Lipinski definition) is 0. The molecule has 288 valence electrons. The highest BCUT2D eigenvalue weighted by atomic mass is 15.0. The van der Waals surface area contributed by atoms with Crippen LogP contribution in [0, 0.1) is 11.8 Å². The van der Waals surface area contributed by atoms with Gasteiger partial charge < -0.3 is 9.13 Å². The van der Waals surface area contributed by atoms with E-state index in [9.17, 15) is 0 Å². The highest BCUT2D eigenvalue weighted by molar-refractivity contribution is 5.91. The summed E-state index contributed by atoms with van der Waals surface area (Å²) in [6.45, 7) is 2.28. The van der Waals surface area contributed by atoms with Crippen LogP contribution in [0.3, 0.4) is 0 Å². The van der Waals surface area contributed by atoms with E-state index in [1.807, 2.05) is 6.20 Å². The maximum atomic E-state index is 5.92. The molecule has 0 saturated carbocycles. The quantitative estimate of drug-likeness (QED) is 0.158. The summed E-state index contributed by atoms with van der Waals surface area (Å²) in [4.78, 5) is 10.7. The van der Waals surface area contributed by atoms with E-state index in [-0.39, 0.29) is 5.41 Å². The largest absolute Gasteiger partial charge is 0.311 e. The van der Waals surface area contributed by atoms with Gasteiger partial charge in [0.15, 0.2) is 0 Å². The average molecular weight is 765 g/mol. The van der Waals surface area contributed by atoms with E-state index in [1.54, 1.807) is 0 Å². The van der Waals surface area contributed by atoms with Gasteiger partial charge in [-0.05, 0) is 140 Å². The molecule has 59 heavy (non-hydrogen) atoms. The lowest BCUT2D eigenvalue weighted by Crippen LogP contribution is -2.36. The fourth-order valence-corrected chi connectivity index (χ4v) is 11.5. The summed E-state index contributed by atoms with van der Waals surface area (Å²) in [5.41, 5.74) is 19.9. The van der Waals surface area contributed by atoms with Gasteiger partial charge in [-0.1, -0.05) is 110 Å². The van der Waals surface area contributed by atoms with Crippen LogP contribution in [-0.4, -0.2) is 19.1 Å². The first-order chi connectivity index (χ1) is 29.2. The number of hydrogen-bond acceptors (Lipinski definition) is 2. The Bertz CT molecular complexity index is 2950. The zero-order chi connectivity index (χ0) is 39.1. The van der Waals surface area contributed by atoms with Gasteiger partial charge in [0, 0.05) is 40.3 Å². The van der Waals surface area contributed by atoms with Gasteiger partial charge in [0.2, 0.25) is 0 Å². The van der Waals surface area contributed by atoms with Crippen LogP contribution in [0.4, 0.5) is 0 Å². The zero-order valence-electron chi connectivity index (χ0n) is 33.7. The molecule has 4 heterocycles. The van der Waals surface area contributed by atoms with Crippen LogP contribution in [-0.2, 0) is 18.3 Å². The molecule has 7 aromatic rings. The molecule has 0 amide bonds. The number of benzene rings is 3. The second-order valence-electron chi connectivity index (χ2n) is 17.3. The molecule has 0 saturated heterocycles. The maximum absolute atomic E-state index is 5.92. The summed E-state index contributed by atoms with van der Waals surface area (Å²) < 4.78 is 4.94. The molecule has 12 rings (SSSR count). The van der Waals surface area contributed by atoms with Gasteiger partial charge in [0.05, 0.1) is 38.9 Å². The number of aryl methyl sites for hydroxylation is 1. The lowest BCUT2D eigenvalue weighted by molar-refractivity contribution is 0.388. The lowest BCUT2D eigenvalue weighted by atomic mass is 9.62. The van der Waals surface area contributed by atoms with Crippen LogP contribution in [0.1, 0.15) is 90.7 Å². The monoisotopic (exact) mass is 764 g/mol. The molecule has 4 atom stereocenters. The number of aromatic nitrogens is 4. The maximum Gasteiger partial charge on any atom is 0.0959 e. The first kappa shape index (κ1) is 34.8. The predicted octanol–water partition coefficient (Wildman–Crippen LogP) is 13.2. The van der Waals surface area contributed by atoms with Crippen molar-refractivity contribution in [2.24, 2.45) is 11.8 Å². The lowest BCUT2D eigenvalue weighted by Gasteiger charge is -2.40. The Labute approximate surface area is 346 Å². The second kappa shape index (κ2) is 13.7. The van der Waals surface area contributed by atoms with Crippen LogP contribution in [0.25, 0.3) is 56.7 Å². The minimum atomic E-state index is -0.306. The van der Waals surface area contributed by atoms with Crippen molar-refractivity contribution >= 4 is 34.2 Å². The van der Waals surface area contributed by atoms with E-state index in [4.69, 9.17) is 9.97 Å². The molecular formula is C55H48N4. The number of allylic oxidation sites excluding steroid dienone is 8. The third kappa shape index (κ3) is 5.14. The molecule has 4 aromatic heterocycles. The number of pyridine rings is 2. The van der Waals surface area contributed by atoms with Crippen molar-refractivity contribution in [2.75, 3.05) is 0 Å². The molecule has 0 aliphatic heterocycles. The van der Waals surface area contributed by atoms with Crippen molar-refractivity contribution in [3.05, 3.63) is 191 Å². The SMILES string of the molecule is CCC1C=Cc2c(n(-c3ccc(-c4ccc(-n5c6c(c7nc8c(cc75)C5CCC=CC5C8(C5=CCCC=C5)c5ccccc5)CCC=C6)cc4)cc3)c3cccnc23)C1. The Hall–Kier alpha value is -6.26. The second-order valence-corrected chi connectivity index (χ2v) is 17.3. The fourth-order valence-electron chi connectivity index (χ4n) is 11.5. The van der Waals surface area contributed by atoms with Crippen LogP contribution in [0.2, 0.25) is 0 Å². The highest BCUT2D eigenvalue weighted by Gasteiger charge is 2.55. The fraction of sp³-hybridized carbons (Fsp3) is 0.236. The van der Waals surface area contributed by atoms with E-state index in [0.29, 0.717) is 17.8 Å². The number of fused-ring (bicyclic) bond motifs is 9. The van der Waals surface area contributed by atoms with Gasteiger partial charge in [-0.3, -0.25) is 4.98 Å². The van der Waals surface area contributed by atoms with E-state index < -0.39 is 0 Å². The average Bonchev–Trinajstić information content (AvgIpc) is 3.92. The Morgan fingerprint density at radius 1 is 0.712 bits per heavy atom. The summed E-state index contributed by atoms with van der Waals surface area (Å²) in [5.74, 6) is 1.31. The number of rotatable bonds is 6. The van der Waals surface area contributed by atoms with Gasteiger partial charge in [0.25, 0.3) is 0 Å². The molecular weight excluding hydrogens is 717 g/mol. The number of nitrogens with zero attached hydrogens (tertiary/aromatic N) is 4. The van der Waals surface area contributed by atoms with Crippen LogP contribution in [0.15, 0.2) is 151 Å². The van der Waals surface area contributed by atoms with Crippen molar-refractivity contribution in [3.63, 3.8) is 0 Å². The Morgan fingerprint density at radius 2 is 1.51 bits per heavy atom. The summed E-state index contributed by atoms with van der Waals surface area (Å²) >= 11 is 0. The van der Waals surface area contributed by atoms with E-state index in [1.165, 1.54) is 84.0 Å². The third-order valence-electron chi connectivity index (χ3n) is 14.3. The van der Waals surface area contributed by atoms with E-state index >= 15 is 0 Å². The molecule has 3 aromatic carbocycles. The predicted molar refractivity (Wildman–Crippen MR) is 243 cm³/mol. The highest BCUT2D eigenvalue weighted by Crippen LogP contribution is 2.61. The van der Waals surface area contributed by atoms with Crippen LogP contribution < -0.4 is 0 Å². The van der Waals surface area contributed by atoms with Crippen LogP contribution >= 0.6 is 0 Å². The summed E-state index contributed by atoms with van der Waals surface area (Å²) in [6.07, 6.45) is 32.2. The normalized spacial score (nSPS) is 22.7. The zero-order valence-corrected chi connectivity index (χ0v) is 33.7. The Morgan fingerprint density at radius 3 is 2.29 bits per heavy atom. The van der Waals surface area contributed by atoms with E-state index in [0.717, 1.165) is 56.9 Å². The summed E-state index contributed by atoms with van der Waals surface area (Å²) in [6, 6.07) is 36.5. The van der Waals surface area contributed by atoms with Gasteiger partial charge in [0.1, 0.15) is 0 Å². The van der Waals surface area contributed by atoms with Crippen molar-refractivity contribution in [1.82, 2.24) is 19.1 Å². The Kier molecular flexibility index (Phi) is 8.05. The standard InChI is InChI=1S/C55H48N4/c1-2-36-23-32-45-50(34-36)59(49-22-13-33-56-52(45)49)42-30-26-38(27-31-42)37-24-28-41(29-25-37)58-48-21-12-10-19-44(48)53-51(58)35-46-43-18-9-11-20-47(43)55(54(46)57-53,39-14-5-3-6-15-39)40-16-7-4-8-17-40/h3,5-7,11-17,20-33,35-36,43,47H,2,4,8-10,18-19,34H2,1H3. The minimum absolute atomic E-state index is 0.306. The molecule has 5 aliphatic rings. The molecule has 0 N–H and O–H groups in total. The Balaban J connectivity index is 0.961. The summed E-state index contributed by atoms with van der Waals surface area (Å²) in [5, 5.41) is 0. The minimum Gasteiger partial charge on any atom is -0.311 e. The van der Waals surface area contributed by atoms with Gasteiger partial charge in [-0.2, -0.15) is 0 Å². The molecule has 0 fully saturated rings. The third-order valence-corrected chi connectivity index (χ3v) is 14.3. The first-order valence-electron chi connectivity index (χ1n) is 21.9. The molecule has 0 bridgehead atoms. The van der Waals surface area contributed by atoms with Crippen LogP contribution in [0.5, 0.6) is 0 Å². The van der Waals surface area contributed by atoms with Gasteiger partial charge in [-0.15, -0.1) is 0 Å². The molecule has 0 radical (unpaired) electrons. The molecule has 4 heteroatoms. The molecule has 0 spiro atoms. The van der Waals surface area contributed by atoms with Gasteiger partial charge in [-0.25, -0.2) is 4.98 Å². The topological polar surface area (TPSA) is 35.6 Å². The first-order valence-corrected chi connectivity index (χ1v) is 21.9. The van der Waals surface area contributed by atoms with Crippen molar-refractivity contribution in [2.45, 2.75) is 69.6 Å². The van der Waals surface area contributed by atoms with Crippen molar-refractivity contribution in [1.29, 1.82) is 0 Å². The van der Waals surface area contributed by atoms with Gasteiger partial charge >= 0.3 is 0 Å². The smallest absolute Gasteiger partial charge is 0.0959 e. The van der Waals surface area contributed by atoms with E-state index in [2.05, 4.69) is 168 Å². The van der Waals surface area contributed by atoms with Crippen molar-refractivity contribution < 1.29 is 0 Å².